The summed E-state index contributed by atoms with van der Waals surface area (Å²) in [5.41, 5.74) is 1.37. The molecule has 1 aromatic heterocycles. The van der Waals surface area contributed by atoms with E-state index in [0.717, 1.165) is 73.5 Å². The predicted octanol–water partition coefficient (Wildman–Crippen LogP) is 4.70. The van der Waals surface area contributed by atoms with Crippen LogP contribution in [0, 0.1) is 5.82 Å². The lowest BCUT2D eigenvalue weighted by Crippen LogP contribution is -2.55. The number of sulfone groups is 1. The quantitative estimate of drug-likeness (QED) is 0.375. The van der Waals surface area contributed by atoms with Crippen LogP contribution in [0.4, 0.5) is 10.1 Å². The van der Waals surface area contributed by atoms with Gasteiger partial charge in [-0.2, -0.15) is 0 Å². The molecule has 0 radical (unpaired) electrons. The highest BCUT2D eigenvalue weighted by molar-refractivity contribution is 7.98. The highest BCUT2D eigenvalue weighted by atomic mass is 32.2. The molecule has 0 unspecified atom stereocenters. The van der Waals surface area contributed by atoms with Gasteiger partial charge in [0.2, 0.25) is 9.84 Å². The first-order chi connectivity index (χ1) is 20.8. The minimum Gasteiger partial charge on any atom is -0.505 e. The molecule has 0 spiro atoms. The molecular weight excluding hydrogens is 586 g/mol. The van der Waals surface area contributed by atoms with E-state index < -0.39 is 21.4 Å². The maximum atomic E-state index is 14.3. The number of anilines is 1. The summed E-state index contributed by atoms with van der Waals surface area (Å²) in [6.07, 6.45) is 7.74. The van der Waals surface area contributed by atoms with Crippen LogP contribution >= 0.6 is 11.8 Å². The van der Waals surface area contributed by atoms with Crippen molar-refractivity contribution in [2.75, 3.05) is 70.1 Å². The predicted molar refractivity (Wildman–Crippen MR) is 171 cm³/mol. The second kappa shape index (κ2) is 12.9. The van der Waals surface area contributed by atoms with E-state index in [4.69, 9.17) is 0 Å². The third kappa shape index (κ3) is 6.24. The average Bonchev–Trinajstić information content (AvgIpc) is 3.05. The van der Waals surface area contributed by atoms with Crippen molar-refractivity contribution in [3.05, 3.63) is 48.4 Å². The van der Waals surface area contributed by atoms with Gasteiger partial charge in [0.25, 0.3) is 0 Å². The van der Waals surface area contributed by atoms with E-state index in [1.54, 1.807) is 11.8 Å². The van der Waals surface area contributed by atoms with Gasteiger partial charge in [0.05, 0.1) is 16.1 Å². The molecular formula is C32H42FN5O3S2. The van der Waals surface area contributed by atoms with Gasteiger partial charge in [-0.25, -0.2) is 12.8 Å². The van der Waals surface area contributed by atoms with Crippen molar-refractivity contribution in [2.24, 2.45) is 0 Å². The van der Waals surface area contributed by atoms with Crippen molar-refractivity contribution in [3.63, 3.8) is 0 Å². The Labute approximate surface area is 258 Å². The lowest BCUT2D eigenvalue weighted by molar-refractivity contribution is 0.0449. The Kier molecular flexibility index (Phi) is 9.16. The van der Waals surface area contributed by atoms with E-state index in [0.29, 0.717) is 17.8 Å². The van der Waals surface area contributed by atoms with Gasteiger partial charge in [0, 0.05) is 67.8 Å². The summed E-state index contributed by atoms with van der Waals surface area (Å²) >= 11 is 1.60. The number of phenolic OH excluding ortho intramolecular Hbond substituents is 1. The van der Waals surface area contributed by atoms with Gasteiger partial charge < -0.3 is 19.8 Å². The molecule has 0 amide bonds. The van der Waals surface area contributed by atoms with E-state index >= 15 is 0 Å². The summed E-state index contributed by atoms with van der Waals surface area (Å²) in [6, 6.07) is 10.3. The van der Waals surface area contributed by atoms with Crippen LogP contribution in [-0.4, -0.2) is 110 Å². The molecule has 6 rings (SSSR count). The summed E-state index contributed by atoms with van der Waals surface area (Å²) in [7, 11) is -4.11. The lowest BCUT2D eigenvalue weighted by atomic mass is 9.96. The van der Waals surface area contributed by atoms with Crippen LogP contribution < -0.4 is 4.90 Å². The number of phenols is 1. The molecule has 3 aliphatic rings. The highest BCUT2D eigenvalue weighted by Gasteiger charge is 2.34. The number of aromatic nitrogens is 1. The maximum Gasteiger partial charge on any atom is 0.210 e. The minimum atomic E-state index is -4.11. The minimum absolute atomic E-state index is 0.0748. The number of rotatable bonds is 7. The zero-order valence-electron chi connectivity index (χ0n) is 25.1. The topological polar surface area (TPSA) is 80.2 Å². The number of likely N-dealkylation sites (tertiary alicyclic amines) is 1. The van der Waals surface area contributed by atoms with E-state index in [9.17, 15) is 17.9 Å². The summed E-state index contributed by atoms with van der Waals surface area (Å²) in [4.78, 5) is 15.5. The van der Waals surface area contributed by atoms with Crippen molar-refractivity contribution < 1.29 is 17.9 Å². The first-order valence-electron chi connectivity index (χ1n) is 15.4. The number of piperidine rings is 2. The number of hydrogen-bond donors (Lipinski definition) is 1. The average molecular weight is 628 g/mol. The fourth-order valence-corrected chi connectivity index (χ4v) is 8.97. The number of aromatic hydroxyl groups is 1. The molecule has 4 heterocycles. The van der Waals surface area contributed by atoms with Crippen LogP contribution in [0.15, 0.2) is 57.3 Å². The molecule has 3 fully saturated rings. The number of halogens is 1. The maximum absolute atomic E-state index is 14.3. The molecule has 0 atom stereocenters. The Balaban J connectivity index is 1.21. The molecule has 0 saturated carbocycles. The number of benzene rings is 2. The zero-order valence-corrected chi connectivity index (χ0v) is 26.7. The van der Waals surface area contributed by atoms with Crippen molar-refractivity contribution >= 4 is 38.2 Å². The molecule has 3 aromatic rings. The summed E-state index contributed by atoms with van der Waals surface area (Å²) < 4.78 is 42.1. The van der Waals surface area contributed by atoms with Crippen molar-refractivity contribution in [1.29, 1.82) is 0 Å². The van der Waals surface area contributed by atoms with Crippen LogP contribution in [0.25, 0.3) is 10.9 Å². The molecule has 0 bridgehead atoms. The van der Waals surface area contributed by atoms with Crippen LogP contribution in [0.3, 0.4) is 0 Å². The largest absolute Gasteiger partial charge is 0.505 e. The molecule has 0 aliphatic carbocycles. The Hall–Kier alpha value is -2.44. The summed E-state index contributed by atoms with van der Waals surface area (Å²) in [6.45, 7) is 11.8. The number of thioether (sulfide) groups is 1. The Morgan fingerprint density at radius 2 is 1.56 bits per heavy atom. The van der Waals surface area contributed by atoms with Gasteiger partial charge in [0.15, 0.2) is 11.6 Å². The number of nitrogens with zero attached hydrogens (tertiary/aromatic N) is 5. The van der Waals surface area contributed by atoms with Gasteiger partial charge >= 0.3 is 0 Å². The highest BCUT2D eigenvalue weighted by Crippen LogP contribution is 2.39. The van der Waals surface area contributed by atoms with Gasteiger partial charge in [0.1, 0.15) is 4.90 Å². The third-order valence-corrected chi connectivity index (χ3v) is 12.2. The van der Waals surface area contributed by atoms with E-state index in [-0.39, 0.29) is 9.79 Å². The van der Waals surface area contributed by atoms with Crippen LogP contribution in [0.5, 0.6) is 5.75 Å². The summed E-state index contributed by atoms with van der Waals surface area (Å²) in [5, 5.41) is 10.5. The van der Waals surface area contributed by atoms with Gasteiger partial charge in [-0.3, -0.25) is 9.88 Å². The van der Waals surface area contributed by atoms with Gasteiger partial charge in [-0.05, 0) is 88.0 Å². The normalized spacial score (nSPS) is 20.7. The molecule has 3 aliphatic heterocycles. The van der Waals surface area contributed by atoms with E-state index in [1.807, 2.05) is 24.5 Å². The molecule has 11 heteroatoms. The smallest absolute Gasteiger partial charge is 0.210 e. The van der Waals surface area contributed by atoms with Crippen LogP contribution in [0.2, 0.25) is 0 Å². The Morgan fingerprint density at radius 1 is 0.907 bits per heavy atom. The van der Waals surface area contributed by atoms with Crippen molar-refractivity contribution in [2.45, 2.75) is 59.4 Å². The number of hydrogen-bond acceptors (Lipinski definition) is 9. The van der Waals surface area contributed by atoms with E-state index in [2.05, 4.69) is 31.5 Å². The van der Waals surface area contributed by atoms with Gasteiger partial charge in [-0.15, -0.1) is 11.8 Å². The third-order valence-electron chi connectivity index (χ3n) is 9.70. The fourth-order valence-electron chi connectivity index (χ4n) is 7.09. The second-order valence-corrected chi connectivity index (χ2v) is 14.7. The monoisotopic (exact) mass is 627 g/mol. The van der Waals surface area contributed by atoms with Crippen molar-refractivity contribution in [3.8, 4) is 5.75 Å². The molecule has 3 saturated heterocycles. The number of fused-ring (bicyclic) bond motifs is 1. The first kappa shape index (κ1) is 30.6. The zero-order chi connectivity index (χ0) is 30.1. The van der Waals surface area contributed by atoms with Gasteiger partial charge in [-0.1, -0.05) is 6.92 Å². The fraction of sp³-hybridized carbons (Fsp3) is 0.531. The lowest BCUT2D eigenvalue weighted by Gasteiger charge is -2.46. The SMILES string of the molecule is CCN1CCN(C2CCN(C3CCN(c4c(S(=O)(=O)c5ccc(O)c(F)c5)cnc5ccc(SC)cc45)CC3)CC2)CC1. The standard InChI is InChI=1S/C32H42FN5O3S2/c1-3-35-16-18-37(19-17-35)24-8-12-36(13-9-24)23-10-14-38(15-11-23)32-27-20-25(42-2)4-6-29(27)34-22-31(32)43(40,41)26-5-7-30(39)28(33)21-26/h4-7,20-24,39H,3,8-19H2,1-2H3. The van der Waals surface area contributed by atoms with Crippen LogP contribution in [-0.2, 0) is 9.84 Å². The number of pyridine rings is 1. The van der Waals surface area contributed by atoms with Crippen molar-refractivity contribution in [1.82, 2.24) is 19.7 Å². The Morgan fingerprint density at radius 3 is 2.19 bits per heavy atom. The molecule has 1 N–H and O–H groups in total. The number of likely N-dealkylation sites (N-methyl/N-ethyl adjacent to an activating group) is 1. The van der Waals surface area contributed by atoms with E-state index in [1.165, 1.54) is 51.3 Å². The summed E-state index contributed by atoms with van der Waals surface area (Å²) in [5.74, 6) is -1.54. The molecule has 43 heavy (non-hydrogen) atoms. The molecule has 2 aromatic carbocycles. The number of piperazine rings is 1. The van der Waals surface area contributed by atoms with Crippen LogP contribution in [0.1, 0.15) is 32.6 Å². The first-order valence-corrected chi connectivity index (χ1v) is 18.1. The second-order valence-electron chi connectivity index (χ2n) is 11.9. The molecule has 232 valence electrons. The molecule has 8 nitrogen and oxygen atoms in total. The Bertz CT molecular complexity index is 1550.